The summed E-state index contributed by atoms with van der Waals surface area (Å²) in [5, 5.41) is 3.14. The Bertz CT molecular complexity index is 539. The van der Waals surface area contributed by atoms with Crippen molar-refractivity contribution >= 4 is 5.91 Å². The standard InChI is InChI=1S/C21H33N3O/c1-22-14-8-11-20(25)23-15-16-24(17-19-9-4-2-5-10-19)21(18-23)12-6-3-7-13-21/h2,4-5,9-10,22H,3,6-8,11-18H2,1H3. The Hall–Kier alpha value is -1.39. The van der Waals surface area contributed by atoms with Crippen LogP contribution in [0, 0.1) is 0 Å². The Balaban J connectivity index is 1.67. The van der Waals surface area contributed by atoms with Gasteiger partial charge in [-0.15, -0.1) is 0 Å². The summed E-state index contributed by atoms with van der Waals surface area (Å²) in [4.78, 5) is 17.5. The molecule has 0 atom stereocenters. The molecule has 1 N–H and O–H groups in total. The molecule has 2 aliphatic rings. The molecule has 1 aliphatic heterocycles. The van der Waals surface area contributed by atoms with Crippen LogP contribution in [0.3, 0.4) is 0 Å². The molecule has 1 spiro atoms. The lowest BCUT2D eigenvalue weighted by atomic mass is 9.78. The van der Waals surface area contributed by atoms with Crippen LogP contribution in [-0.2, 0) is 11.3 Å². The largest absolute Gasteiger partial charge is 0.340 e. The van der Waals surface area contributed by atoms with Crippen molar-refractivity contribution in [1.29, 1.82) is 0 Å². The normalized spacial score (nSPS) is 20.8. The number of nitrogens with zero attached hydrogens (tertiary/aromatic N) is 2. The van der Waals surface area contributed by atoms with Crippen molar-refractivity contribution in [3.8, 4) is 0 Å². The number of carbonyl (C=O) groups excluding carboxylic acids is 1. The molecule has 4 nitrogen and oxygen atoms in total. The molecule has 3 rings (SSSR count). The van der Waals surface area contributed by atoms with Gasteiger partial charge in [0.1, 0.15) is 0 Å². The SMILES string of the molecule is CNCCCC(=O)N1CCN(Cc2ccccc2)C2(CCCCC2)C1. The van der Waals surface area contributed by atoms with Gasteiger partial charge in [-0.05, 0) is 38.4 Å². The van der Waals surface area contributed by atoms with Gasteiger partial charge in [-0.2, -0.15) is 0 Å². The number of piperazine rings is 1. The summed E-state index contributed by atoms with van der Waals surface area (Å²) in [6.07, 6.45) is 8.03. The molecule has 1 amide bonds. The van der Waals surface area contributed by atoms with E-state index < -0.39 is 0 Å². The maximum Gasteiger partial charge on any atom is 0.222 e. The van der Waals surface area contributed by atoms with Gasteiger partial charge >= 0.3 is 0 Å². The van der Waals surface area contributed by atoms with Crippen LogP contribution < -0.4 is 5.32 Å². The lowest BCUT2D eigenvalue weighted by Crippen LogP contribution is -2.63. The fourth-order valence-corrected chi connectivity index (χ4v) is 4.54. The molecule has 4 heteroatoms. The Morgan fingerprint density at radius 1 is 1.12 bits per heavy atom. The molecule has 1 aromatic carbocycles. The predicted molar refractivity (Wildman–Crippen MR) is 102 cm³/mol. The van der Waals surface area contributed by atoms with E-state index in [-0.39, 0.29) is 5.54 Å². The van der Waals surface area contributed by atoms with E-state index in [0.717, 1.165) is 39.1 Å². The first-order valence-electron chi connectivity index (χ1n) is 9.95. The topological polar surface area (TPSA) is 35.6 Å². The molecular weight excluding hydrogens is 310 g/mol. The molecule has 0 bridgehead atoms. The van der Waals surface area contributed by atoms with Gasteiger partial charge in [0.15, 0.2) is 0 Å². The molecule has 2 fully saturated rings. The summed E-state index contributed by atoms with van der Waals surface area (Å²) in [6, 6.07) is 10.8. The molecule has 1 aromatic rings. The highest BCUT2D eigenvalue weighted by atomic mass is 16.2. The molecule has 25 heavy (non-hydrogen) atoms. The van der Waals surface area contributed by atoms with Crippen LogP contribution in [0.2, 0.25) is 0 Å². The van der Waals surface area contributed by atoms with Crippen LogP contribution in [0.1, 0.15) is 50.5 Å². The zero-order chi connectivity index (χ0) is 17.5. The second-order valence-electron chi connectivity index (χ2n) is 7.71. The van der Waals surface area contributed by atoms with Gasteiger partial charge < -0.3 is 10.2 Å². The second-order valence-corrected chi connectivity index (χ2v) is 7.71. The number of nitrogens with one attached hydrogen (secondary N) is 1. The number of amides is 1. The van der Waals surface area contributed by atoms with Crippen molar-refractivity contribution in [2.75, 3.05) is 33.2 Å². The van der Waals surface area contributed by atoms with E-state index in [9.17, 15) is 4.79 Å². The number of hydrogen-bond donors (Lipinski definition) is 1. The third-order valence-corrected chi connectivity index (χ3v) is 5.97. The third-order valence-electron chi connectivity index (χ3n) is 5.97. The van der Waals surface area contributed by atoms with Gasteiger partial charge in [-0.1, -0.05) is 49.6 Å². The highest BCUT2D eigenvalue weighted by molar-refractivity contribution is 5.76. The monoisotopic (exact) mass is 343 g/mol. The van der Waals surface area contributed by atoms with Crippen molar-refractivity contribution in [1.82, 2.24) is 15.1 Å². The fraction of sp³-hybridized carbons (Fsp3) is 0.667. The Labute approximate surface area is 152 Å². The van der Waals surface area contributed by atoms with Crippen LogP contribution in [0.4, 0.5) is 0 Å². The molecule has 1 heterocycles. The molecule has 1 aliphatic carbocycles. The average molecular weight is 344 g/mol. The Morgan fingerprint density at radius 3 is 2.60 bits per heavy atom. The molecule has 0 radical (unpaired) electrons. The smallest absolute Gasteiger partial charge is 0.222 e. The van der Waals surface area contributed by atoms with E-state index in [1.54, 1.807) is 0 Å². The summed E-state index contributed by atoms with van der Waals surface area (Å²) < 4.78 is 0. The molecule has 0 aromatic heterocycles. The van der Waals surface area contributed by atoms with Gasteiger partial charge in [0, 0.05) is 38.1 Å². The highest BCUT2D eigenvalue weighted by Crippen LogP contribution is 2.37. The number of hydrogen-bond acceptors (Lipinski definition) is 3. The maximum atomic E-state index is 12.6. The lowest BCUT2D eigenvalue weighted by molar-refractivity contribution is -0.138. The van der Waals surface area contributed by atoms with Crippen molar-refractivity contribution < 1.29 is 4.79 Å². The lowest BCUT2D eigenvalue weighted by Gasteiger charge is -2.53. The van der Waals surface area contributed by atoms with Crippen LogP contribution >= 0.6 is 0 Å². The minimum atomic E-state index is 0.199. The third kappa shape index (κ3) is 4.62. The van der Waals surface area contributed by atoms with Gasteiger partial charge in [0.2, 0.25) is 5.91 Å². The summed E-state index contributed by atoms with van der Waals surface area (Å²) in [6.45, 7) is 4.76. The minimum Gasteiger partial charge on any atom is -0.340 e. The zero-order valence-corrected chi connectivity index (χ0v) is 15.7. The van der Waals surface area contributed by atoms with Crippen LogP contribution in [0.5, 0.6) is 0 Å². The summed E-state index contributed by atoms with van der Waals surface area (Å²) in [7, 11) is 1.95. The highest BCUT2D eigenvalue weighted by Gasteiger charge is 2.43. The average Bonchev–Trinajstić information content (AvgIpc) is 2.65. The zero-order valence-electron chi connectivity index (χ0n) is 15.7. The summed E-state index contributed by atoms with van der Waals surface area (Å²) in [5.41, 5.74) is 1.59. The first-order chi connectivity index (χ1) is 12.2. The number of rotatable bonds is 6. The molecule has 0 unspecified atom stereocenters. The van der Waals surface area contributed by atoms with E-state index in [2.05, 4.69) is 45.4 Å². The van der Waals surface area contributed by atoms with Crippen molar-refractivity contribution in [2.24, 2.45) is 0 Å². The minimum absolute atomic E-state index is 0.199. The van der Waals surface area contributed by atoms with E-state index in [0.29, 0.717) is 12.3 Å². The van der Waals surface area contributed by atoms with E-state index >= 15 is 0 Å². The Kier molecular flexibility index (Phi) is 6.49. The van der Waals surface area contributed by atoms with E-state index in [4.69, 9.17) is 0 Å². The maximum absolute atomic E-state index is 12.6. The first-order valence-corrected chi connectivity index (χ1v) is 9.95. The van der Waals surface area contributed by atoms with E-state index in [1.165, 1.54) is 37.7 Å². The fourth-order valence-electron chi connectivity index (χ4n) is 4.54. The van der Waals surface area contributed by atoms with Crippen molar-refractivity contribution in [2.45, 2.75) is 57.0 Å². The Morgan fingerprint density at radius 2 is 1.88 bits per heavy atom. The van der Waals surface area contributed by atoms with Crippen molar-refractivity contribution in [3.63, 3.8) is 0 Å². The second kappa shape index (κ2) is 8.81. The first kappa shape index (κ1) is 18.4. The van der Waals surface area contributed by atoms with Gasteiger partial charge in [-0.3, -0.25) is 9.69 Å². The summed E-state index contributed by atoms with van der Waals surface area (Å²) in [5.74, 6) is 0.347. The molecular formula is C21H33N3O. The molecule has 138 valence electrons. The van der Waals surface area contributed by atoms with E-state index in [1.807, 2.05) is 7.05 Å². The van der Waals surface area contributed by atoms with Gasteiger partial charge in [-0.25, -0.2) is 0 Å². The predicted octanol–water partition coefficient (Wildman–Crippen LogP) is 3.03. The van der Waals surface area contributed by atoms with Crippen LogP contribution in [0.15, 0.2) is 30.3 Å². The van der Waals surface area contributed by atoms with Crippen LogP contribution in [-0.4, -0.2) is 54.5 Å². The van der Waals surface area contributed by atoms with Gasteiger partial charge in [0.05, 0.1) is 0 Å². The number of carbonyl (C=O) groups is 1. The molecule has 1 saturated heterocycles. The van der Waals surface area contributed by atoms with Gasteiger partial charge in [0.25, 0.3) is 0 Å². The van der Waals surface area contributed by atoms with Crippen molar-refractivity contribution in [3.05, 3.63) is 35.9 Å². The van der Waals surface area contributed by atoms with Crippen LogP contribution in [0.25, 0.3) is 0 Å². The molecule has 1 saturated carbocycles. The number of benzene rings is 1. The quantitative estimate of drug-likeness (QED) is 0.807. The summed E-state index contributed by atoms with van der Waals surface area (Å²) >= 11 is 0.